The number of hydrogen-bond donors (Lipinski definition) is 0. The Morgan fingerprint density at radius 2 is 0.636 bits per heavy atom. The molecular formula is C61H37F2N3. The Kier molecular flexibility index (Phi) is 9.25. The monoisotopic (exact) mass is 849 g/mol. The highest BCUT2D eigenvalue weighted by atomic mass is 19.1. The van der Waals surface area contributed by atoms with Crippen molar-refractivity contribution in [3.05, 3.63) is 242 Å². The van der Waals surface area contributed by atoms with Crippen molar-refractivity contribution in [1.82, 2.24) is 9.13 Å². The molecule has 0 amide bonds. The Morgan fingerprint density at radius 3 is 0.970 bits per heavy atom. The third-order valence-electron chi connectivity index (χ3n) is 12.9. The fourth-order valence-corrected chi connectivity index (χ4v) is 9.77. The quantitative estimate of drug-likeness (QED) is 0.157. The molecule has 0 fully saturated rings. The molecule has 0 aliphatic rings. The molecule has 0 radical (unpaired) electrons. The van der Waals surface area contributed by atoms with Gasteiger partial charge in [0.1, 0.15) is 17.7 Å². The molecule has 0 N–H and O–H groups in total. The van der Waals surface area contributed by atoms with Gasteiger partial charge < -0.3 is 9.13 Å². The van der Waals surface area contributed by atoms with Crippen LogP contribution in [0.3, 0.4) is 0 Å². The topological polar surface area (TPSA) is 33.6 Å². The number of nitrogens with zero attached hydrogens (tertiary/aromatic N) is 3. The molecule has 0 spiro atoms. The van der Waals surface area contributed by atoms with E-state index >= 15 is 8.78 Å². The van der Waals surface area contributed by atoms with Crippen LogP contribution in [0.1, 0.15) is 5.56 Å². The normalized spacial score (nSPS) is 11.5. The van der Waals surface area contributed by atoms with Gasteiger partial charge >= 0.3 is 0 Å². The van der Waals surface area contributed by atoms with Crippen LogP contribution in [0.25, 0.3) is 111 Å². The highest BCUT2D eigenvalue weighted by molar-refractivity contribution is 6.13. The summed E-state index contributed by atoms with van der Waals surface area (Å²) in [5, 5.41) is 15.5. The number of fused-ring (bicyclic) bond motifs is 6. The fraction of sp³-hybridized carbons (Fsp3) is 0. The molecule has 0 saturated heterocycles. The molecule has 66 heavy (non-hydrogen) atoms. The van der Waals surface area contributed by atoms with Crippen LogP contribution in [0.15, 0.2) is 224 Å². The van der Waals surface area contributed by atoms with Crippen molar-refractivity contribution in [3.8, 4) is 73.1 Å². The molecule has 2 aromatic heterocycles. The van der Waals surface area contributed by atoms with E-state index in [1.54, 1.807) is 0 Å². The van der Waals surface area contributed by atoms with Gasteiger partial charge in [-0.25, -0.2) is 8.78 Å². The van der Waals surface area contributed by atoms with Gasteiger partial charge in [0.2, 0.25) is 0 Å². The van der Waals surface area contributed by atoms with Gasteiger partial charge in [0.05, 0.1) is 39.0 Å². The first-order chi connectivity index (χ1) is 32.5. The van der Waals surface area contributed by atoms with E-state index in [9.17, 15) is 5.26 Å². The van der Waals surface area contributed by atoms with E-state index < -0.39 is 11.6 Å². The van der Waals surface area contributed by atoms with Crippen LogP contribution in [0.2, 0.25) is 0 Å². The third-order valence-corrected chi connectivity index (χ3v) is 12.9. The van der Waals surface area contributed by atoms with Gasteiger partial charge in [0.15, 0.2) is 0 Å². The summed E-state index contributed by atoms with van der Waals surface area (Å²) in [7, 11) is 0. The van der Waals surface area contributed by atoms with E-state index in [2.05, 4.69) is 137 Å². The molecule has 0 aliphatic heterocycles. The van der Waals surface area contributed by atoms with Crippen molar-refractivity contribution in [1.29, 1.82) is 5.26 Å². The van der Waals surface area contributed by atoms with Crippen molar-refractivity contribution in [3.63, 3.8) is 0 Å². The van der Waals surface area contributed by atoms with Crippen LogP contribution in [0.5, 0.6) is 0 Å². The standard InChI is InChI=1S/C61H37F2N3/c62-49-29-47(30-50(63)36-49)55-37-56(65-57-31-43(39-13-5-1-6-14-39)21-25-51(57)52-26-22-44(32-58(52)65)40-15-7-2-8-16-40)48(38-64)35-61(55)66-59-33-45(41-17-9-3-10-18-41)23-27-53(59)54-28-24-46(34-60(54)66)42-19-11-4-12-20-42/h1-37H. The second kappa shape index (κ2) is 15.7. The van der Waals surface area contributed by atoms with E-state index in [0.29, 0.717) is 28.1 Å². The average molecular weight is 850 g/mol. The van der Waals surface area contributed by atoms with Crippen LogP contribution < -0.4 is 0 Å². The summed E-state index contributed by atoms with van der Waals surface area (Å²) in [6.07, 6.45) is 0. The predicted octanol–water partition coefficient (Wildman–Crippen LogP) is 16.4. The second-order valence-corrected chi connectivity index (χ2v) is 16.7. The number of hydrogen-bond acceptors (Lipinski definition) is 1. The molecule has 0 aliphatic carbocycles. The summed E-state index contributed by atoms with van der Waals surface area (Å²) in [6, 6.07) is 76.8. The molecule has 2 heterocycles. The summed E-state index contributed by atoms with van der Waals surface area (Å²) < 4.78 is 35.6. The van der Waals surface area contributed by atoms with Crippen LogP contribution >= 0.6 is 0 Å². The fourth-order valence-electron chi connectivity index (χ4n) is 9.77. The Morgan fingerprint density at radius 1 is 0.303 bits per heavy atom. The van der Waals surface area contributed by atoms with Crippen molar-refractivity contribution < 1.29 is 8.78 Å². The number of nitriles is 1. The zero-order valence-corrected chi connectivity index (χ0v) is 35.5. The number of benzene rings is 10. The summed E-state index contributed by atoms with van der Waals surface area (Å²) in [6.45, 7) is 0. The van der Waals surface area contributed by atoms with Crippen molar-refractivity contribution in [2.45, 2.75) is 0 Å². The molecule has 0 bridgehead atoms. The largest absolute Gasteiger partial charge is 0.309 e. The molecule has 12 aromatic rings. The van der Waals surface area contributed by atoms with Crippen LogP contribution in [-0.4, -0.2) is 9.13 Å². The van der Waals surface area contributed by atoms with Crippen LogP contribution in [0.4, 0.5) is 8.78 Å². The Hall–Kier alpha value is -8.85. The Balaban J connectivity index is 1.21. The van der Waals surface area contributed by atoms with Gasteiger partial charge in [-0.05, 0) is 98.6 Å². The Labute approximate surface area is 379 Å². The SMILES string of the molecule is N#Cc1cc(-n2c3cc(-c4ccccc4)ccc3c3ccc(-c4ccccc4)cc32)c(-c2cc(F)cc(F)c2)cc1-n1c2cc(-c3ccccc3)ccc2c2ccc(-c3ccccc3)cc21. The maximum atomic E-state index is 15.6. The summed E-state index contributed by atoms with van der Waals surface area (Å²) in [4.78, 5) is 0. The maximum Gasteiger partial charge on any atom is 0.126 e. The lowest BCUT2D eigenvalue weighted by molar-refractivity contribution is 0.584. The molecule has 12 rings (SSSR count). The summed E-state index contributed by atoms with van der Waals surface area (Å²) in [5.41, 5.74) is 14.4. The minimum Gasteiger partial charge on any atom is -0.309 e. The lowest BCUT2D eigenvalue weighted by Crippen LogP contribution is -2.04. The van der Waals surface area contributed by atoms with Crippen molar-refractivity contribution in [2.75, 3.05) is 0 Å². The summed E-state index contributed by atoms with van der Waals surface area (Å²) >= 11 is 0. The second-order valence-electron chi connectivity index (χ2n) is 16.7. The minimum atomic E-state index is -0.696. The molecule has 5 heteroatoms. The molecule has 0 unspecified atom stereocenters. The molecule has 3 nitrogen and oxygen atoms in total. The summed E-state index contributed by atoms with van der Waals surface area (Å²) in [5.74, 6) is -1.39. The van der Waals surface area contributed by atoms with Gasteiger partial charge in [0, 0.05) is 33.2 Å². The van der Waals surface area contributed by atoms with E-state index in [1.165, 1.54) is 12.1 Å². The van der Waals surface area contributed by atoms with Crippen LogP contribution in [0, 0.1) is 23.0 Å². The van der Waals surface area contributed by atoms with Gasteiger partial charge in [-0.3, -0.25) is 0 Å². The molecule has 10 aromatic carbocycles. The molecule has 0 atom stereocenters. The van der Waals surface area contributed by atoms with E-state index in [0.717, 1.165) is 94.2 Å². The van der Waals surface area contributed by atoms with Crippen LogP contribution in [-0.2, 0) is 0 Å². The van der Waals surface area contributed by atoms with Gasteiger partial charge in [-0.1, -0.05) is 170 Å². The highest BCUT2D eigenvalue weighted by Gasteiger charge is 2.24. The molecular weight excluding hydrogens is 813 g/mol. The number of aromatic nitrogens is 2. The lowest BCUT2D eigenvalue weighted by Gasteiger charge is -2.19. The van der Waals surface area contributed by atoms with E-state index in [4.69, 9.17) is 0 Å². The zero-order chi connectivity index (χ0) is 44.3. The average Bonchev–Trinajstić information content (AvgIpc) is 3.87. The van der Waals surface area contributed by atoms with Gasteiger partial charge in [-0.2, -0.15) is 5.26 Å². The van der Waals surface area contributed by atoms with Gasteiger partial charge in [0.25, 0.3) is 0 Å². The van der Waals surface area contributed by atoms with Gasteiger partial charge in [-0.15, -0.1) is 0 Å². The first-order valence-electron chi connectivity index (χ1n) is 21.9. The first-order valence-corrected chi connectivity index (χ1v) is 21.9. The molecule has 0 saturated carbocycles. The maximum absolute atomic E-state index is 15.6. The minimum absolute atomic E-state index is 0.345. The lowest BCUT2D eigenvalue weighted by atomic mass is 9.98. The van der Waals surface area contributed by atoms with Crippen molar-refractivity contribution in [2.24, 2.45) is 0 Å². The van der Waals surface area contributed by atoms with E-state index in [1.807, 2.05) is 84.9 Å². The smallest absolute Gasteiger partial charge is 0.126 e. The highest BCUT2D eigenvalue weighted by Crippen LogP contribution is 2.44. The number of halogens is 2. The Bertz CT molecular complexity index is 3670. The molecule has 310 valence electrons. The number of rotatable bonds is 7. The zero-order valence-electron chi connectivity index (χ0n) is 35.5. The third kappa shape index (κ3) is 6.55. The van der Waals surface area contributed by atoms with E-state index in [-0.39, 0.29) is 0 Å². The predicted molar refractivity (Wildman–Crippen MR) is 267 cm³/mol. The van der Waals surface area contributed by atoms with Crippen molar-refractivity contribution >= 4 is 43.6 Å². The first kappa shape index (κ1) is 38.8.